The molecule has 0 aliphatic carbocycles. The van der Waals surface area contributed by atoms with Crippen LogP contribution in [0.3, 0.4) is 0 Å². The molecular formula is C48H28N4O2. The van der Waals surface area contributed by atoms with Crippen LogP contribution in [0.5, 0.6) is 0 Å². The number of rotatable bonds is 5. The van der Waals surface area contributed by atoms with Crippen LogP contribution < -0.4 is 0 Å². The van der Waals surface area contributed by atoms with Gasteiger partial charge in [-0.25, -0.2) is 19.9 Å². The lowest BCUT2D eigenvalue weighted by Crippen LogP contribution is -2.00. The second-order valence-electron chi connectivity index (χ2n) is 13.4. The van der Waals surface area contributed by atoms with Gasteiger partial charge in [-0.05, 0) is 41.5 Å². The smallest absolute Gasteiger partial charge is 0.164 e. The Hall–Kier alpha value is -7.44. The van der Waals surface area contributed by atoms with E-state index in [0.717, 1.165) is 93.9 Å². The second kappa shape index (κ2) is 12.1. The number of hydrogen-bond donors (Lipinski definition) is 0. The fourth-order valence-corrected chi connectivity index (χ4v) is 7.57. The summed E-state index contributed by atoms with van der Waals surface area (Å²) >= 11 is 0. The Morgan fingerprint density at radius 1 is 0.333 bits per heavy atom. The Bertz CT molecular complexity index is 3150. The number of para-hydroxylation sites is 2. The van der Waals surface area contributed by atoms with Crippen LogP contribution in [-0.2, 0) is 0 Å². The molecule has 7 aromatic carbocycles. The van der Waals surface area contributed by atoms with Gasteiger partial charge in [0.15, 0.2) is 23.1 Å². The number of nitrogens with zero attached hydrogens (tertiary/aromatic N) is 4. The van der Waals surface area contributed by atoms with Gasteiger partial charge in [0.25, 0.3) is 0 Å². The van der Waals surface area contributed by atoms with Crippen molar-refractivity contribution in [2.75, 3.05) is 0 Å². The number of fused-ring (bicyclic) bond motifs is 8. The topological polar surface area (TPSA) is 77.8 Å². The largest absolute Gasteiger partial charge is 0.456 e. The molecule has 6 heteroatoms. The lowest BCUT2D eigenvalue weighted by molar-refractivity contribution is 0.668. The SMILES string of the molecule is c1ccc(-c2nc(-c3ccccc3)nc(-c3ccc(-c4nc5cccc(-c6ccc7c(c6)oc6ccccc67)c5c5c4oc4ccccc45)cc3)n2)cc1. The van der Waals surface area contributed by atoms with Crippen LogP contribution in [0, 0.1) is 0 Å². The van der Waals surface area contributed by atoms with Crippen LogP contribution in [0.15, 0.2) is 179 Å². The molecule has 0 amide bonds. The lowest BCUT2D eigenvalue weighted by Gasteiger charge is -2.12. The molecule has 0 aliphatic rings. The molecule has 0 unspecified atom stereocenters. The molecule has 11 rings (SSSR count). The van der Waals surface area contributed by atoms with Crippen molar-refractivity contribution in [2.24, 2.45) is 0 Å². The maximum Gasteiger partial charge on any atom is 0.164 e. The highest BCUT2D eigenvalue weighted by atomic mass is 16.3. The van der Waals surface area contributed by atoms with Crippen molar-refractivity contribution in [3.8, 4) is 56.5 Å². The summed E-state index contributed by atoms with van der Waals surface area (Å²) in [5.41, 5.74) is 10.7. The second-order valence-corrected chi connectivity index (χ2v) is 13.4. The molecule has 0 radical (unpaired) electrons. The quantitative estimate of drug-likeness (QED) is 0.179. The van der Waals surface area contributed by atoms with Gasteiger partial charge in [-0.1, -0.05) is 140 Å². The van der Waals surface area contributed by atoms with Crippen LogP contribution in [-0.4, -0.2) is 19.9 Å². The molecule has 0 N–H and O–H groups in total. The maximum absolute atomic E-state index is 6.68. The molecule has 0 fully saturated rings. The first-order valence-electron chi connectivity index (χ1n) is 17.9. The van der Waals surface area contributed by atoms with E-state index in [1.807, 2.05) is 103 Å². The summed E-state index contributed by atoms with van der Waals surface area (Å²) in [6, 6.07) is 57.4. The summed E-state index contributed by atoms with van der Waals surface area (Å²) in [5, 5.41) is 5.33. The Balaban J connectivity index is 1.07. The number of hydrogen-bond acceptors (Lipinski definition) is 6. The molecular weight excluding hydrogens is 665 g/mol. The maximum atomic E-state index is 6.68. The minimum Gasteiger partial charge on any atom is -0.456 e. The summed E-state index contributed by atoms with van der Waals surface area (Å²) in [6.45, 7) is 0. The van der Waals surface area contributed by atoms with Gasteiger partial charge in [0.05, 0.1) is 5.52 Å². The summed E-state index contributed by atoms with van der Waals surface area (Å²) in [7, 11) is 0. The summed E-state index contributed by atoms with van der Waals surface area (Å²) in [6.07, 6.45) is 0. The summed E-state index contributed by atoms with van der Waals surface area (Å²) in [4.78, 5) is 20.0. The minimum absolute atomic E-state index is 0.598. The van der Waals surface area contributed by atoms with E-state index in [1.54, 1.807) is 0 Å². The van der Waals surface area contributed by atoms with Gasteiger partial charge >= 0.3 is 0 Å². The van der Waals surface area contributed by atoms with E-state index in [4.69, 9.17) is 28.8 Å². The van der Waals surface area contributed by atoms with Crippen LogP contribution >= 0.6 is 0 Å². The number of aromatic nitrogens is 4. The predicted octanol–water partition coefficient (Wildman–Crippen LogP) is 12.6. The van der Waals surface area contributed by atoms with Gasteiger partial charge in [0.1, 0.15) is 22.4 Å². The van der Waals surface area contributed by atoms with Crippen molar-refractivity contribution in [1.82, 2.24) is 19.9 Å². The van der Waals surface area contributed by atoms with Crippen LogP contribution in [0.2, 0.25) is 0 Å². The lowest BCUT2D eigenvalue weighted by atomic mass is 9.95. The molecule has 0 spiro atoms. The molecule has 252 valence electrons. The first-order chi connectivity index (χ1) is 26.7. The van der Waals surface area contributed by atoms with Crippen molar-refractivity contribution < 1.29 is 8.83 Å². The normalized spacial score (nSPS) is 11.7. The fraction of sp³-hybridized carbons (Fsp3) is 0. The molecule has 0 aliphatic heterocycles. The van der Waals surface area contributed by atoms with Gasteiger partial charge in [0.2, 0.25) is 0 Å². The van der Waals surface area contributed by atoms with E-state index in [2.05, 4.69) is 66.7 Å². The van der Waals surface area contributed by atoms with Crippen LogP contribution in [0.25, 0.3) is 111 Å². The Morgan fingerprint density at radius 2 is 0.870 bits per heavy atom. The molecule has 54 heavy (non-hydrogen) atoms. The van der Waals surface area contributed by atoms with E-state index in [-0.39, 0.29) is 0 Å². The highest BCUT2D eigenvalue weighted by Crippen LogP contribution is 2.44. The van der Waals surface area contributed by atoms with E-state index in [1.165, 1.54) is 0 Å². The summed E-state index contributed by atoms with van der Waals surface area (Å²) in [5.74, 6) is 1.85. The molecule has 0 bridgehead atoms. The highest BCUT2D eigenvalue weighted by molar-refractivity contribution is 6.24. The molecule has 4 heterocycles. The Kier molecular flexibility index (Phi) is 6.75. The highest BCUT2D eigenvalue weighted by Gasteiger charge is 2.21. The van der Waals surface area contributed by atoms with Crippen molar-refractivity contribution in [3.63, 3.8) is 0 Å². The zero-order valence-corrected chi connectivity index (χ0v) is 28.8. The Labute approximate surface area is 309 Å². The molecule has 4 aromatic heterocycles. The molecule has 0 saturated heterocycles. The standard InChI is InChI=1S/C48H28N4O2/c1-3-12-30(13-4-1)46-50-47(31-14-5-2-6-15-31)52-48(51-46)32-24-22-29(23-25-32)44-45-43(37-17-8-10-21-40(37)54-45)42-34(18-11-19-38(42)49-44)33-26-27-36-35-16-7-9-20-39(35)53-41(36)28-33/h1-28H. The third-order valence-corrected chi connectivity index (χ3v) is 10.1. The Morgan fingerprint density at radius 3 is 1.56 bits per heavy atom. The first-order valence-corrected chi connectivity index (χ1v) is 17.9. The number of pyridine rings is 1. The average molecular weight is 693 g/mol. The van der Waals surface area contributed by atoms with E-state index in [9.17, 15) is 0 Å². The van der Waals surface area contributed by atoms with E-state index >= 15 is 0 Å². The average Bonchev–Trinajstić information content (AvgIpc) is 3.82. The van der Waals surface area contributed by atoms with E-state index in [0.29, 0.717) is 17.5 Å². The zero-order chi connectivity index (χ0) is 35.6. The van der Waals surface area contributed by atoms with Crippen molar-refractivity contribution in [2.45, 2.75) is 0 Å². The number of furan rings is 2. The third kappa shape index (κ3) is 4.89. The molecule has 0 atom stereocenters. The zero-order valence-electron chi connectivity index (χ0n) is 28.8. The van der Waals surface area contributed by atoms with Gasteiger partial charge < -0.3 is 8.83 Å². The van der Waals surface area contributed by atoms with Crippen LogP contribution in [0.4, 0.5) is 0 Å². The van der Waals surface area contributed by atoms with Crippen molar-refractivity contribution in [3.05, 3.63) is 170 Å². The van der Waals surface area contributed by atoms with Gasteiger partial charge in [-0.3, -0.25) is 0 Å². The van der Waals surface area contributed by atoms with Crippen LogP contribution in [0.1, 0.15) is 0 Å². The van der Waals surface area contributed by atoms with Crippen molar-refractivity contribution >= 4 is 54.8 Å². The third-order valence-electron chi connectivity index (χ3n) is 10.1. The molecule has 0 saturated carbocycles. The van der Waals surface area contributed by atoms with Gasteiger partial charge in [-0.15, -0.1) is 0 Å². The van der Waals surface area contributed by atoms with Gasteiger partial charge in [0, 0.05) is 49.2 Å². The predicted molar refractivity (Wildman–Crippen MR) is 217 cm³/mol. The van der Waals surface area contributed by atoms with Gasteiger partial charge in [-0.2, -0.15) is 0 Å². The minimum atomic E-state index is 0.598. The monoisotopic (exact) mass is 692 g/mol. The van der Waals surface area contributed by atoms with E-state index < -0.39 is 0 Å². The fourth-order valence-electron chi connectivity index (χ4n) is 7.57. The number of benzene rings is 7. The van der Waals surface area contributed by atoms with Crippen molar-refractivity contribution in [1.29, 1.82) is 0 Å². The molecule has 6 nitrogen and oxygen atoms in total. The molecule has 11 aromatic rings. The first kappa shape index (κ1) is 30.2. The summed E-state index contributed by atoms with van der Waals surface area (Å²) < 4.78 is 13.0.